The number of aromatic nitrogens is 2. The van der Waals surface area contributed by atoms with Crippen LogP contribution >= 0.6 is 11.6 Å². The Morgan fingerprint density at radius 3 is 2.02 bits per heavy atom. The first kappa shape index (κ1) is 26.9. The highest BCUT2D eigenvalue weighted by molar-refractivity contribution is 6.32. The molecule has 7 nitrogen and oxygen atoms in total. The smallest absolute Gasteiger partial charge is 0.172 e. The molecule has 41 heavy (non-hydrogen) atoms. The zero-order valence-electron chi connectivity index (χ0n) is 22.8. The number of ether oxygens (including phenoxy) is 3. The molecule has 1 aliphatic rings. The second-order valence-electron chi connectivity index (χ2n) is 10.0. The van der Waals surface area contributed by atoms with E-state index in [1.165, 1.54) is 0 Å². The molecule has 5 aromatic rings. The van der Waals surface area contributed by atoms with Gasteiger partial charge in [-0.25, -0.2) is 9.97 Å². The number of nitrogens with one attached hydrogen (secondary N) is 1. The van der Waals surface area contributed by atoms with E-state index in [-0.39, 0.29) is 6.04 Å². The Balaban J connectivity index is 1.13. The van der Waals surface area contributed by atoms with Crippen molar-refractivity contribution in [2.75, 3.05) is 25.5 Å². The Kier molecular flexibility index (Phi) is 8.16. The highest BCUT2D eigenvalue weighted by Crippen LogP contribution is 2.32. The zero-order valence-corrected chi connectivity index (χ0v) is 23.6. The third-order valence-electron chi connectivity index (χ3n) is 7.07. The van der Waals surface area contributed by atoms with E-state index in [2.05, 4.69) is 27.3 Å². The average Bonchev–Trinajstić information content (AvgIpc) is 2.99. The van der Waals surface area contributed by atoms with Crippen LogP contribution in [0.4, 0.5) is 5.82 Å². The van der Waals surface area contributed by atoms with Crippen LogP contribution in [0, 0.1) is 0 Å². The third-order valence-corrected chi connectivity index (χ3v) is 7.33. The summed E-state index contributed by atoms with van der Waals surface area (Å²) in [5.41, 5.74) is 2.54. The number of piperidine rings is 1. The first-order valence-electron chi connectivity index (χ1n) is 13.7. The van der Waals surface area contributed by atoms with Crippen molar-refractivity contribution in [3.8, 4) is 28.7 Å². The van der Waals surface area contributed by atoms with E-state index in [1.807, 2.05) is 84.9 Å². The molecule has 0 aliphatic carbocycles. The lowest BCUT2D eigenvalue weighted by Crippen LogP contribution is -2.38. The Morgan fingerprint density at radius 1 is 0.780 bits per heavy atom. The molecule has 1 saturated heterocycles. The van der Waals surface area contributed by atoms with Crippen molar-refractivity contribution in [1.82, 2.24) is 14.9 Å². The molecule has 0 saturated carbocycles. The molecule has 0 radical (unpaired) electrons. The number of likely N-dealkylation sites (tertiary alicyclic amines) is 1. The minimum Gasteiger partial charge on any atom is -0.494 e. The highest BCUT2D eigenvalue weighted by Gasteiger charge is 2.22. The summed E-state index contributed by atoms with van der Waals surface area (Å²) >= 11 is 6.51. The van der Waals surface area contributed by atoms with Gasteiger partial charge >= 0.3 is 0 Å². The van der Waals surface area contributed by atoms with E-state index in [0.717, 1.165) is 66.6 Å². The predicted octanol–water partition coefficient (Wildman–Crippen LogP) is 7.95. The summed E-state index contributed by atoms with van der Waals surface area (Å²) in [5.74, 6) is 4.34. The molecule has 1 aromatic heterocycles. The monoisotopic (exact) mass is 566 g/mol. The van der Waals surface area contributed by atoms with E-state index in [0.29, 0.717) is 22.2 Å². The lowest BCUT2D eigenvalue weighted by molar-refractivity contribution is 0.211. The van der Waals surface area contributed by atoms with Crippen molar-refractivity contribution >= 4 is 28.5 Å². The molecule has 6 rings (SSSR count). The van der Waals surface area contributed by atoms with Crippen molar-refractivity contribution in [1.29, 1.82) is 0 Å². The number of methoxy groups -OCH3 is 1. The van der Waals surface area contributed by atoms with Gasteiger partial charge in [0.25, 0.3) is 0 Å². The van der Waals surface area contributed by atoms with Gasteiger partial charge < -0.3 is 19.5 Å². The predicted molar refractivity (Wildman–Crippen MR) is 162 cm³/mol. The van der Waals surface area contributed by atoms with Crippen LogP contribution in [0.1, 0.15) is 18.4 Å². The van der Waals surface area contributed by atoms with Gasteiger partial charge in [0, 0.05) is 31.7 Å². The van der Waals surface area contributed by atoms with Crippen molar-refractivity contribution < 1.29 is 14.2 Å². The Bertz CT molecular complexity index is 1550. The van der Waals surface area contributed by atoms with E-state index < -0.39 is 0 Å². The van der Waals surface area contributed by atoms with Gasteiger partial charge in [0.05, 0.1) is 12.6 Å². The van der Waals surface area contributed by atoms with Crippen molar-refractivity contribution in [3.05, 3.63) is 108 Å². The van der Waals surface area contributed by atoms with Crippen LogP contribution in [0.2, 0.25) is 5.15 Å². The summed E-state index contributed by atoms with van der Waals surface area (Å²) < 4.78 is 17.8. The second kappa shape index (κ2) is 12.5. The SMILES string of the molecule is COc1cccc2nc(NC3CCN(Cc4cc(Oc5ccccc5)cc(Oc5ccccc5)c4)CC3)c(Cl)nc12. The molecule has 1 fully saturated rings. The lowest BCUT2D eigenvalue weighted by atomic mass is 10.0. The number of hydrogen-bond donors (Lipinski definition) is 1. The van der Waals surface area contributed by atoms with Gasteiger partial charge in [-0.15, -0.1) is 0 Å². The first-order chi connectivity index (χ1) is 20.1. The van der Waals surface area contributed by atoms with Gasteiger partial charge in [0.1, 0.15) is 34.3 Å². The maximum absolute atomic E-state index is 6.51. The zero-order chi connectivity index (χ0) is 28.0. The van der Waals surface area contributed by atoms with Gasteiger partial charge in [-0.05, 0) is 66.9 Å². The van der Waals surface area contributed by atoms with Gasteiger partial charge in [-0.2, -0.15) is 0 Å². The number of hydrogen-bond acceptors (Lipinski definition) is 7. The number of rotatable bonds is 9. The van der Waals surface area contributed by atoms with Gasteiger partial charge in [-0.3, -0.25) is 4.90 Å². The van der Waals surface area contributed by atoms with Gasteiger partial charge in [0.15, 0.2) is 11.0 Å². The second-order valence-corrected chi connectivity index (χ2v) is 10.4. The average molecular weight is 567 g/mol. The number of halogens is 1. The number of anilines is 1. The van der Waals surface area contributed by atoms with Crippen LogP contribution in [-0.2, 0) is 6.54 Å². The quantitative estimate of drug-likeness (QED) is 0.194. The van der Waals surface area contributed by atoms with E-state index in [9.17, 15) is 0 Å². The molecule has 1 aliphatic heterocycles. The molecular weight excluding hydrogens is 536 g/mol. The molecule has 1 N–H and O–H groups in total. The minimum atomic E-state index is 0.255. The molecule has 2 heterocycles. The maximum Gasteiger partial charge on any atom is 0.172 e. The molecule has 0 amide bonds. The summed E-state index contributed by atoms with van der Waals surface area (Å²) in [7, 11) is 1.62. The number of benzene rings is 4. The number of fused-ring (bicyclic) bond motifs is 1. The Hall–Kier alpha value is -4.33. The van der Waals surface area contributed by atoms with E-state index in [4.69, 9.17) is 30.8 Å². The first-order valence-corrected chi connectivity index (χ1v) is 14.1. The number of para-hydroxylation sites is 3. The minimum absolute atomic E-state index is 0.255. The third kappa shape index (κ3) is 6.70. The summed E-state index contributed by atoms with van der Waals surface area (Å²) in [6, 6.07) is 31.7. The number of nitrogens with zero attached hydrogens (tertiary/aromatic N) is 3. The molecule has 4 aromatic carbocycles. The van der Waals surface area contributed by atoms with Crippen molar-refractivity contribution in [2.24, 2.45) is 0 Å². The van der Waals surface area contributed by atoms with Crippen molar-refractivity contribution in [3.63, 3.8) is 0 Å². The van der Waals surface area contributed by atoms with Gasteiger partial charge in [0.2, 0.25) is 0 Å². The fraction of sp³-hybridized carbons (Fsp3) is 0.212. The maximum atomic E-state index is 6.51. The van der Waals surface area contributed by atoms with E-state index >= 15 is 0 Å². The fourth-order valence-corrected chi connectivity index (χ4v) is 5.24. The highest BCUT2D eigenvalue weighted by atomic mass is 35.5. The van der Waals surface area contributed by atoms with Crippen LogP contribution in [0.25, 0.3) is 11.0 Å². The van der Waals surface area contributed by atoms with Crippen LogP contribution in [-0.4, -0.2) is 41.1 Å². The van der Waals surface area contributed by atoms with Crippen molar-refractivity contribution in [2.45, 2.75) is 25.4 Å². The summed E-state index contributed by atoms with van der Waals surface area (Å²) in [6.07, 6.45) is 1.92. The van der Waals surface area contributed by atoms with Crippen LogP contribution in [0.15, 0.2) is 97.1 Å². The molecule has 0 unspecified atom stereocenters. The summed E-state index contributed by atoms with van der Waals surface area (Å²) in [5, 5.41) is 3.88. The van der Waals surface area contributed by atoms with Crippen LogP contribution in [0.3, 0.4) is 0 Å². The van der Waals surface area contributed by atoms with Crippen LogP contribution in [0.5, 0.6) is 28.7 Å². The largest absolute Gasteiger partial charge is 0.494 e. The lowest BCUT2D eigenvalue weighted by Gasteiger charge is -2.32. The van der Waals surface area contributed by atoms with E-state index in [1.54, 1.807) is 7.11 Å². The molecule has 0 bridgehead atoms. The molecule has 0 spiro atoms. The Labute approximate surface area is 244 Å². The van der Waals surface area contributed by atoms with Gasteiger partial charge in [-0.1, -0.05) is 54.1 Å². The Morgan fingerprint density at radius 2 is 1.41 bits per heavy atom. The molecular formula is C33H31ClN4O3. The standard InChI is InChI=1S/C33H31ClN4O3/c1-39-30-14-8-13-29-31(30)37-32(34)33(36-29)35-24-15-17-38(18-16-24)22-23-19-27(40-25-9-4-2-5-10-25)21-28(20-23)41-26-11-6-3-7-12-26/h2-14,19-21,24H,15-18,22H2,1H3,(H,35,36). The van der Waals surface area contributed by atoms with Crippen LogP contribution < -0.4 is 19.5 Å². The molecule has 208 valence electrons. The molecule has 0 atom stereocenters. The fourth-order valence-electron chi connectivity index (χ4n) is 5.06. The summed E-state index contributed by atoms with van der Waals surface area (Å²) in [4.78, 5) is 11.7. The topological polar surface area (TPSA) is 68.7 Å². The normalized spacial score (nSPS) is 14.1. The summed E-state index contributed by atoms with van der Waals surface area (Å²) in [6.45, 7) is 2.66. The molecule has 8 heteroatoms.